The molecule has 10 heteroatoms. The summed E-state index contributed by atoms with van der Waals surface area (Å²) in [6.07, 6.45) is 6.77. The minimum atomic E-state index is -1.10. The number of aromatic nitrogens is 3. The second-order valence-electron chi connectivity index (χ2n) is 8.53. The van der Waals surface area contributed by atoms with Crippen LogP contribution >= 0.6 is 0 Å². The predicted molar refractivity (Wildman–Crippen MR) is 147 cm³/mol. The highest BCUT2D eigenvalue weighted by Crippen LogP contribution is 2.31. The van der Waals surface area contributed by atoms with Gasteiger partial charge in [0.2, 0.25) is 5.88 Å². The highest BCUT2D eigenvalue weighted by molar-refractivity contribution is 7.87. The highest BCUT2D eigenvalue weighted by atomic mass is 32.2. The molecule has 0 aliphatic heterocycles. The van der Waals surface area contributed by atoms with Gasteiger partial charge in [-0.05, 0) is 55.0 Å². The zero-order chi connectivity index (χ0) is 27.2. The summed E-state index contributed by atoms with van der Waals surface area (Å²) < 4.78 is 42.0. The first-order valence-corrected chi connectivity index (χ1v) is 13.7. The van der Waals surface area contributed by atoms with E-state index in [9.17, 15) is 4.21 Å². The van der Waals surface area contributed by atoms with Gasteiger partial charge in [-0.15, -0.1) is 5.10 Å². The molecule has 3 heterocycles. The Morgan fingerprint density at radius 1 is 1.03 bits per heavy atom. The van der Waals surface area contributed by atoms with E-state index in [1.54, 1.807) is 47.9 Å². The molecular weight excluding hydrogens is 518 g/mol. The first kappa shape index (κ1) is 26.1. The van der Waals surface area contributed by atoms with Gasteiger partial charge in [-0.3, -0.25) is 4.21 Å². The van der Waals surface area contributed by atoms with Crippen molar-refractivity contribution in [3.63, 3.8) is 0 Å². The van der Waals surface area contributed by atoms with Gasteiger partial charge >= 0.3 is 0 Å². The van der Waals surface area contributed by atoms with E-state index in [1.807, 2.05) is 61.7 Å². The van der Waals surface area contributed by atoms with Crippen molar-refractivity contribution in [3.05, 3.63) is 101 Å². The number of furan rings is 1. The molecule has 2 aromatic carbocycles. The Bertz CT molecular complexity index is 1590. The first-order valence-electron chi connectivity index (χ1n) is 12.1. The molecule has 0 aliphatic carbocycles. The lowest BCUT2D eigenvalue weighted by atomic mass is 10.2. The van der Waals surface area contributed by atoms with Crippen molar-refractivity contribution in [1.29, 1.82) is 0 Å². The van der Waals surface area contributed by atoms with Crippen LogP contribution in [0.5, 0.6) is 17.4 Å². The van der Waals surface area contributed by atoms with Gasteiger partial charge in [0.25, 0.3) is 5.89 Å². The van der Waals surface area contributed by atoms with E-state index in [0.29, 0.717) is 40.5 Å². The number of para-hydroxylation sites is 1. The van der Waals surface area contributed by atoms with E-state index in [1.165, 1.54) is 0 Å². The number of hydrogen-bond donors (Lipinski definition) is 0. The number of ether oxygens (including phenoxy) is 3. The standard InChI is InChI=1S/C29H27N3O6S/c1-20-24(30-29(38-20)26-10-7-14-35-26)19-36-25-12-11-21(16-27(25)34-2)18-37-28-22(13-15-39(3)33)17-32(31-28)23-8-5-4-6-9-23/h4-17H,18-19H2,1-3H3/b15-13-. The van der Waals surface area contributed by atoms with Crippen LogP contribution in [-0.4, -0.2) is 32.3 Å². The van der Waals surface area contributed by atoms with Crippen LogP contribution in [0.3, 0.4) is 0 Å². The van der Waals surface area contributed by atoms with Gasteiger partial charge in [-0.25, -0.2) is 9.67 Å². The first-order chi connectivity index (χ1) is 19.0. The second-order valence-corrected chi connectivity index (χ2v) is 9.80. The Hall–Kier alpha value is -4.57. The van der Waals surface area contributed by atoms with Crippen molar-refractivity contribution < 1.29 is 27.3 Å². The Morgan fingerprint density at radius 3 is 2.62 bits per heavy atom. The molecule has 0 amide bonds. The Balaban J connectivity index is 1.29. The number of methoxy groups -OCH3 is 1. The van der Waals surface area contributed by atoms with Crippen LogP contribution in [0.15, 0.2) is 87.4 Å². The van der Waals surface area contributed by atoms with E-state index in [2.05, 4.69) is 10.1 Å². The third-order valence-electron chi connectivity index (χ3n) is 5.76. The largest absolute Gasteiger partial charge is 0.493 e. The van der Waals surface area contributed by atoms with Gasteiger partial charge in [0.05, 0.1) is 24.6 Å². The van der Waals surface area contributed by atoms with Crippen molar-refractivity contribution in [2.24, 2.45) is 0 Å². The average molecular weight is 546 g/mol. The van der Waals surface area contributed by atoms with Crippen molar-refractivity contribution in [3.8, 4) is 34.7 Å². The van der Waals surface area contributed by atoms with Crippen molar-refractivity contribution >= 4 is 16.9 Å². The van der Waals surface area contributed by atoms with E-state index in [0.717, 1.165) is 16.8 Å². The number of hydrogen-bond acceptors (Lipinski definition) is 8. The number of nitrogens with zero attached hydrogens (tertiary/aromatic N) is 3. The van der Waals surface area contributed by atoms with Gasteiger partial charge in [0.15, 0.2) is 17.3 Å². The van der Waals surface area contributed by atoms with Gasteiger partial charge in [0, 0.05) is 28.7 Å². The van der Waals surface area contributed by atoms with E-state index in [4.69, 9.17) is 23.0 Å². The quantitative estimate of drug-likeness (QED) is 0.201. The van der Waals surface area contributed by atoms with Crippen LogP contribution in [0.2, 0.25) is 0 Å². The summed E-state index contributed by atoms with van der Waals surface area (Å²) in [5, 5.41) is 6.19. The highest BCUT2D eigenvalue weighted by Gasteiger charge is 2.16. The topological polar surface area (TPSA) is 102 Å². The zero-order valence-corrected chi connectivity index (χ0v) is 22.5. The van der Waals surface area contributed by atoms with Crippen LogP contribution in [0, 0.1) is 6.92 Å². The summed E-state index contributed by atoms with van der Waals surface area (Å²) in [7, 11) is 0.483. The maximum absolute atomic E-state index is 11.6. The zero-order valence-electron chi connectivity index (χ0n) is 21.7. The van der Waals surface area contributed by atoms with Crippen LogP contribution in [0.4, 0.5) is 0 Å². The van der Waals surface area contributed by atoms with E-state index in [-0.39, 0.29) is 13.2 Å². The molecule has 0 saturated heterocycles. The maximum Gasteiger partial charge on any atom is 0.263 e. The molecule has 5 aromatic rings. The summed E-state index contributed by atoms with van der Waals surface area (Å²) in [5.74, 6) is 3.15. The molecule has 0 bridgehead atoms. The minimum absolute atomic E-state index is 0.202. The minimum Gasteiger partial charge on any atom is -0.493 e. The second kappa shape index (κ2) is 11.9. The van der Waals surface area contributed by atoms with E-state index >= 15 is 0 Å². The number of aryl methyl sites for hydroxylation is 1. The van der Waals surface area contributed by atoms with Gasteiger partial charge in [-0.2, -0.15) is 0 Å². The lowest BCUT2D eigenvalue weighted by Crippen LogP contribution is -2.02. The lowest BCUT2D eigenvalue weighted by molar-refractivity contribution is 0.275. The van der Waals surface area contributed by atoms with Crippen LogP contribution in [0.25, 0.3) is 23.4 Å². The summed E-state index contributed by atoms with van der Waals surface area (Å²) in [5.41, 5.74) is 3.14. The molecular formula is C29H27N3O6S. The van der Waals surface area contributed by atoms with Crippen molar-refractivity contribution in [2.75, 3.05) is 13.4 Å². The molecule has 1 atom stereocenters. The smallest absolute Gasteiger partial charge is 0.263 e. The molecule has 0 aliphatic rings. The summed E-state index contributed by atoms with van der Waals surface area (Å²) in [6.45, 7) is 2.28. The molecule has 3 aromatic heterocycles. The average Bonchev–Trinajstić information content (AvgIpc) is 3.70. The van der Waals surface area contributed by atoms with Crippen LogP contribution in [-0.2, 0) is 24.0 Å². The summed E-state index contributed by atoms with van der Waals surface area (Å²) in [6, 6.07) is 18.8. The Morgan fingerprint density at radius 2 is 1.87 bits per heavy atom. The third kappa shape index (κ3) is 6.29. The monoisotopic (exact) mass is 545 g/mol. The van der Waals surface area contributed by atoms with Gasteiger partial charge in [0.1, 0.15) is 24.7 Å². The molecule has 1 unspecified atom stereocenters. The van der Waals surface area contributed by atoms with Gasteiger partial charge < -0.3 is 23.0 Å². The fourth-order valence-electron chi connectivity index (χ4n) is 3.77. The molecule has 5 rings (SSSR count). The lowest BCUT2D eigenvalue weighted by Gasteiger charge is -2.12. The number of oxazole rings is 1. The molecule has 0 N–H and O–H groups in total. The Labute approximate surface area is 228 Å². The number of benzene rings is 2. The molecule has 9 nitrogen and oxygen atoms in total. The van der Waals surface area contributed by atoms with Crippen LogP contribution in [0.1, 0.15) is 22.6 Å². The molecule has 0 radical (unpaired) electrons. The third-order valence-corrected chi connectivity index (χ3v) is 6.28. The SMILES string of the molecule is COc1cc(COc2nn(-c3ccccc3)cc2/C=C\S(C)=O)ccc1OCc1nc(-c2ccco2)oc1C. The summed E-state index contributed by atoms with van der Waals surface area (Å²) in [4.78, 5) is 4.48. The van der Waals surface area contributed by atoms with Crippen LogP contribution < -0.4 is 14.2 Å². The maximum atomic E-state index is 11.6. The predicted octanol–water partition coefficient (Wildman–Crippen LogP) is 5.94. The molecule has 200 valence electrons. The fourth-order valence-corrected chi connectivity index (χ4v) is 4.10. The fraction of sp³-hybridized carbons (Fsp3) is 0.172. The molecule has 39 heavy (non-hydrogen) atoms. The number of rotatable bonds is 11. The normalized spacial score (nSPS) is 12.1. The molecule has 0 fully saturated rings. The summed E-state index contributed by atoms with van der Waals surface area (Å²) >= 11 is 0. The van der Waals surface area contributed by atoms with Gasteiger partial charge in [-0.1, -0.05) is 24.3 Å². The Kier molecular flexibility index (Phi) is 7.93. The molecule has 0 spiro atoms. The van der Waals surface area contributed by atoms with Crippen molar-refractivity contribution in [2.45, 2.75) is 20.1 Å². The molecule has 0 saturated carbocycles. The van der Waals surface area contributed by atoms with Crippen molar-refractivity contribution in [1.82, 2.24) is 14.8 Å². The van der Waals surface area contributed by atoms with E-state index < -0.39 is 10.8 Å².